The Balaban J connectivity index is 1.76. The van der Waals surface area contributed by atoms with Gasteiger partial charge in [0.05, 0.1) is 12.0 Å². The Kier molecular flexibility index (Phi) is 4.21. The Morgan fingerprint density at radius 3 is 2.63 bits per heavy atom. The summed E-state index contributed by atoms with van der Waals surface area (Å²) in [5, 5.41) is 6.44. The van der Waals surface area contributed by atoms with Crippen molar-refractivity contribution in [2.45, 2.75) is 24.9 Å². The Morgan fingerprint density at radius 2 is 2.05 bits per heavy atom. The Hall–Kier alpha value is -1.82. The van der Waals surface area contributed by atoms with E-state index in [1.54, 1.807) is 19.2 Å². The van der Waals surface area contributed by atoms with Crippen LogP contribution >= 0.6 is 11.3 Å². The summed E-state index contributed by atoms with van der Waals surface area (Å²) in [6.45, 7) is 3.40. The normalized spacial score (nSPS) is 21.1. The van der Waals surface area contributed by atoms with E-state index in [1.165, 1.54) is 17.4 Å². The lowest BCUT2D eigenvalue weighted by Crippen LogP contribution is -2.53. The average molecular weight is 280 g/mol. The second-order valence-electron chi connectivity index (χ2n) is 4.37. The zero-order valence-corrected chi connectivity index (χ0v) is 11.5. The fourth-order valence-electron chi connectivity index (χ4n) is 1.92. The maximum atomic E-state index is 11.9. The predicted molar refractivity (Wildman–Crippen MR) is 73.5 cm³/mol. The largest absolute Gasteiger partial charge is 0.487 e. The van der Waals surface area contributed by atoms with E-state index in [9.17, 15) is 9.59 Å². The molecule has 0 aliphatic heterocycles. The van der Waals surface area contributed by atoms with Crippen molar-refractivity contribution in [3.05, 3.63) is 29.7 Å². The molecule has 6 heteroatoms. The fourth-order valence-corrected chi connectivity index (χ4v) is 2.65. The quantitative estimate of drug-likeness (QED) is 0.799. The average Bonchev–Trinajstić information content (AvgIpc) is 2.84. The van der Waals surface area contributed by atoms with Gasteiger partial charge in [-0.25, -0.2) is 0 Å². The molecule has 0 bridgehead atoms. The topological polar surface area (TPSA) is 67.4 Å². The summed E-state index contributed by atoms with van der Waals surface area (Å²) < 4.78 is 5.05. The predicted octanol–water partition coefficient (Wildman–Crippen LogP) is 1.32. The summed E-state index contributed by atoms with van der Waals surface area (Å²) in [5.74, 6) is -0.260. The molecule has 1 fully saturated rings. The molecule has 19 heavy (non-hydrogen) atoms. The van der Waals surface area contributed by atoms with Crippen molar-refractivity contribution in [1.82, 2.24) is 10.6 Å². The minimum Gasteiger partial charge on any atom is -0.487 e. The number of hydrogen-bond donors (Lipinski definition) is 2. The number of nitrogens with one attached hydrogen (secondary N) is 2. The third-order valence-corrected chi connectivity index (χ3v) is 4.06. The molecule has 0 saturated heterocycles. The zero-order chi connectivity index (χ0) is 13.8. The van der Waals surface area contributed by atoms with Crippen LogP contribution in [0, 0.1) is 0 Å². The van der Waals surface area contributed by atoms with Crippen molar-refractivity contribution < 1.29 is 14.3 Å². The van der Waals surface area contributed by atoms with Gasteiger partial charge in [-0.15, -0.1) is 0 Å². The summed E-state index contributed by atoms with van der Waals surface area (Å²) >= 11 is 1.32. The van der Waals surface area contributed by atoms with Crippen LogP contribution in [0.5, 0.6) is 5.06 Å². The molecule has 1 aromatic heterocycles. The van der Waals surface area contributed by atoms with Crippen LogP contribution in [0.1, 0.15) is 22.5 Å². The molecule has 1 aliphatic rings. The van der Waals surface area contributed by atoms with Gasteiger partial charge >= 0.3 is 0 Å². The maximum Gasteiger partial charge on any atom is 0.261 e. The van der Waals surface area contributed by atoms with Crippen molar-refractivity contribution in [3.63, 3.8) is 0 Å². The molecule has 102 valence electrons. The van der Waals surface area contributed by atoms with Gasteiger partial charge in [-0.3, -0.25) is 9.59 Å². The van der Waals surface area contributed by atoms with Gasteiger partial charge in [0.15, 0.2) is 5.06 Å². The van der Waals surface area contributed by atoms with E-state index in [-0.39, 0.29) is 23.9 Å². The highest BCUT2D eigenvalue weighted by Crippen LogP contribution is 2.25. The van der Waals surface area contributed by atoms with Gasteiger partial charge < -0.3 is 15.4 Å². The minimum atomic E-state index is -0.169. The highest BCUT2D eigenvalue weighted by Gasteiger charge is 2.31. The molecular formula is C13H16N2O3S. The van der Waals surface area contributed by atoms with Crippen molar-refractivity contribution in [3.8, 4) is 5.06 Å². The first kappa shape index (κ1) is 13.6. The number of thiophene rings is 1. The van der Waals surface area contributed by atoms with Gasteiger partial charge in [0, 0.05) is 12.1 Å². The first-order valence-corrected chi connectivity index (χ1v) is 6.81. The van der Waals surface area contributed by atoms with Crippen LogP contribution in [0.4, 0.5) is 0 Å². The van der Waals surface area contributed by atoms with Gasteiger partial charge in [0.25, 0.3) is 5.91 Å². The maximum absolute atomic E-state index is 11.9. The standard InChI is InChI=1S/C13H16N2O3S/c1-3-11(16)14-8-6-9(7-8)15-13(17)10-4-5-12(18-2)19-10/h3-5,8-9H,1,6-7H2,2H3,(H,14,16)(H,15,17). The first-order chi connectivity index (χ1) is 9.12. The van der Waals surface area contributed by atoms with Crippen LogP contribution in [-0.2, 0) is 4.79 Å². The van der Waals surface area contributed by atoms with E-state index < -0.39 is 0 Å². The van der Waals surface area contributed by atoms with E-state index in [4.69, 9.17) is 4.74 Å². The second kappa shape index (κ2) is 5.88. The number of carbonyl (C=O) groups excluding carboxylic acids is 2. The highest BCUT2D eigenvalue weighted by atomic mass is 32.1. The van der Waals surface area contributed by atoms with Gasteiger partial charge in [-0.1, -0.05) is 17.9 Å². The summed E-state index contributed by atoms with van der Waals surface area (Å²) in [5.41, 5.74) is 0. The number of hydrogen-bond acceptors (Lipinski definition) is 4. The van der Waals surface area contributed by atoms with Crippen molar-refractivity contribution in [2.24, 2.45) is 0 Å². The molecule has 2 N–H and O–H groups in total. The lowest BCUT2D eigenvalue weighted by Gasteiger charge is -2.35. The van der Waals surface area contributed by atoms with E-state index in [0.717, 1.165) is 17.9 Å². The van der Waals surface area contributed by atoms with Crippen LogP contribution in [0.3, 0.4) is 0 Å². The van der Waals surface area contributed by atoms with Crippen LogP contribution in [-0.4, -0.2) is 31.0 Å². The molecule has 0 radical (unpaired) electrons. The number of amides is 2. The third-order valence-electron chi connectivity index (χ3n) is 3.01. The zero-order valence-electron chi connectivity index (χ0n) is 10.6. The minimum absolute atomic E-state index is 0.0909. The SMILES string of the molecule is C=CC(=O)NC1CC(NC(=O)c2ccc(OC)s2)C1. The molecule has 0 unspecified atom stereocenters. The monoisotopic (exact) mass is 280 g/mol. The van der Waals surface area contributed by atoms with E-state index in [2.05, 4.69) is 17.2 Å². The third kappa shape index (κ3) is 3.35. The van der Waals surface area contributed by atoms with Crippen LogP contribution in [0.15, 0.2) is 24.8 Å². The smallest absolute Gasteiger partial charge is 0.261 e. The van der Waals surface area contributed by atoms with Gasteiger partial charge in [-0.05, 0) is 31.1 Å². The number of ether oxygens (including phenoxy) is 1. The number of carbonyl (C=O) groups is 2. The molecule has 1 aliphatic carbocycles. The van der Waals surface area contributed by atoms with Crippen molar-refractivity contribution in [1.29, 1.82) is 0 Å². The number of methoxy groups -OCH3 is 1. The van der Waals surface area contributed by atoms with Gasteiger partial charge in [-0.2, -0.15) is 0 Å². The molecule has 0 aromatic carbocycles. The molecule has 2 rings (SSSR count). The summed E-state index contributed by atoms with van der Waals surface area (Å²) in [6.07, 6.45) is 2.77. The van der Waals surface area contributed by atoms with Crippen molar-refractivity contribution >= 4 is 23.2 Å². The highest BCUT2D eigenvalue weighted by molar-refractivity contribution is 7.15. The van der Waals surface area contributed by atoms with E-state index in [1.807, 2.05) is 0 Å². The van der Waals surface area contributed by atoms with E-state index in [0.29, 0.717) is 4.88 Å². The Labute approximate surface area is 115 Å². The van der Waals surface area contributed by atoms with Crippen LogP contribution < -0.4 is 15.4 Å². The summed E-state index contributed by atoms with van der Waals surface area (Å²) in [7, 11) is 1.58. The lowest BCUT2D eigenvalue weighted by molar-refractivity contribution is -0.117. The molecule has 1 saturated carbocycles. The van der Waals surface area contributed by atoms with Gasteiger partial charge in [0.2, 0.25) is 5.91 Å². The van der Waals surface area contributed by atoms with E-state index >= 15 is 0 Å². The molecule has 0 spiro atoms. The molecule has 5 nitrogen and oxygen atoms in total. The molecular weight excluding hydrogens is 264 g/mol. The van der Waals surface area contributed by atoms with Gasteiger partial charge in [0.1, 0.15) is 0 Å². The van der Waals surface area contributed by atoms with Crippen molar-refractivity contribution in [2.75, 3.05) is 7.11 Å². The Bertz CT molecular complexity index is 492. The fraction of sp³-hybridized carbons (Fsp3) is 0.385. The second-order valence-corrected chi connectivity index (χ2v) is 5.42. The molecule has 2 amide bonds. The molecule has 1 heterocycles. The number of rotatable bonds is 5. The lowest BCUT2D eigenvalue weighted by atomic mass is 9.86. The summed E-state index contributed by atoms with van der Waals surface area (Å²) in [6, 6.07) is 3.77. The Morgan fingerprint density at radius 1 is 1.37 bits per heavy atom. The van der Waals surface area contributed by atoms with Crippen LogP contribution in [0.2, 0.25) is 0 Å². The summed E-state index contributed by atoms with van der Waals surface area (Å²) in [4.78, 5) is 23.6. The molecule has 0 atom stereocenters. The molecule has 1 aromatic rings. The van der Waals surface area contributed by atoms with Crippen LogP contribution in [0.25, 0.3) is 0 Å². The first-order valence-electron chi connectivity index (χ1n) is 6.00.